The number of hydrogen-bond acceptors (Lipinski definition) is 4. The van der Waals surface area contributed by atoms with Gasteiger partial charge in [0.05, 0.1) is 0 Å². The number of nitrogens with one attached hydrogen (secondary N) is 1. The van der Waals surface area contributed by atoms with Gasteiger partial charge in [0.25, 0.3) is 0 Å². The molecule has 1 amide bonds. The van der Waals surface area contributed by atoms with E-state index in [4.69, 9.17) is 0 Å². The summed E-state index contributed by atoms with van der Waals surface area (Å²) in [5, 5.41) is 5.62. The van der Waals surface area contributed by atoms with Gasteiger partial charge in [-0.25, -0.2) is 4.98 Å². The highest BCUT2D eigenvalue weighted by Gasteiger charge is 1.72. The molecule has 1 aromatic heterocycles. The van der Waals surface area contributed by atoms with Crippen molar-refractivity contribution in [3.63, 3.8) is 0 Å². The fraction of sp³-hybridized carbons (Fsp3) is 0.400. The largest absolute Gasteiger partial charge is 0.359 e. The summed E-state index contributed by atoms with van der Waals surface area (Å²) in [7, 11) is 1.60. The number of aromatic nitrogens is 2. The van der Waals surface area contributed by atoms with Crippen LogP contribution in [0.25, 0.3) is 0 Å². The zero-order valence-electron chi connectivity index (χ0n) is 5.87. The van der Waals surface area contributed by atoms with Gasteiger partial charge in [0.15, 0.2) is 6.33 Å². The quantitative estimate of drug-likeness (QED) is 0.547. The van der Waals surface area contributed by atoms with Gasteiger partial charge in [0, 0.05) is 14.0 Å². The molecule has 0 fully saturated rings. The van der Waals surface area contributed by atoms with Gasteiger partial charge in [-0.2, -0.15) is 0 Å². The number of amides is 1. The molecule has 0 saturated carbocycles. The van der Waals surface area contributed by atoms with Gasteiger partial charge >= 0.3 is 0 Å². The summed E-state index contributed by atoms with van der Waals surface area (Å²) in [6.07, 6.45) is 2.60. The molecule has 0 aliphatic heterocycles. The van der Waals surface area contributed by atoms with Crippen molar-refractivity contribution < 1.29 is 9.32 Å². The molecule has 0 bridgehead atoms. The lowest BCUT2D eigenvalue weighted by Gasteiger charge is -1.80. The molecule has 0 saturated heterocycles. The molecule has 5 heteroatoms. The predicted octanol–water partition coefficient (Wildman–Crippen LogP) is -0.178. The summed E-state index contributed by atoms with van der Waals surface area (Å²) in [6, 6.07) is 0. The van der Waals surface area contributed by atoms with Gasteiger partial charge in [-0.05, 0) is 0 Å². The highest BCUT2D eigenvalue weighted by atomic mass is 16.5. The van der Waals surface area contributed by atoms with Gasteiger partial charge in [-0.3, -0.25) is 4.79 Å². The van der Waals surface area contributed by atoms with Gasteiger partial charge in [-0.1, -0.05) is 5.16 Å². The Morgan fingerprint density at radius 1 is 1.70 bits per heavy atom. The molecule has 0 aliphatic rings. The highest BCUT2D eigenvalue weighted by molar-refractivity contribution is 5.72. The third kappa shape index (κ3) is 6.61. The van der Waals surface area contributed by atoms with E-state index in [0.29, 0.717) is 0 Å². The van der Waals surface area contributed by atoms with Crippen molar-refractivity contribution in [2.75, 3.05) is 7.05 Å². The number of rotatable bonds is 0. The Morgan fingerprint density at radius 3 is 2.40 bits per heavy atom. The van der Waals surface area contributed by atoms with Gasteiger partial charge in [-0.15, -0.1) is 0 Å². The molecule has 0 atom stereocenters. The molecule has 56 valence electrons. The maximum atomic E-state index is 9.70. The standard InChI is InChI=1S/C3H7NO.C2H2N2O/c1-3(5)4-2;1-3-2-5-4-1/h1-2H3,(H,4,5);1-2H. The fourth-order valence-electron chi connectivity index (χ4n) is 0.136. The van der Waals surface area contributed by atoms with Crippen molar-refractivity contribution in [3.05, 3.63) is 12.7 Å². The first-order valence-corrected chi connectivity index (χ1v) is 2.65. The first kappa shape index (κ1) is 8.61. The van der Waals surface area contributed by atoms with E-state index < -0.39 is 0 Å². The van der Waals surface area contributed by atoms with Crippen LogP contribution in [0.1, 0.15) is 6.92 Å². The van der Waals surface area contributed by atoms with Crippen LogP contribution in [-0.4, -0.2) is 23.1 Å². The minimum Gasteiger partial charge on any atom is -0.359 e. The molecule has 10 heavy (non-hydrogen) atoms. The molecule has 5 nitrogen and oxygen atoms in total. The number of hydrogen-bond donors (Lipinski definition) is 1. The molecule has 0 aliphatic carbocycles. The first-order chi connectivity index (χ1) is 4.77. The zero-order chi connectivity index (χ0) is 7.82. The molecule has 0 aromatic carbocycles. The summed E-state index contributed by atoms with van der Waals surface area (Å²) in [5.74, 6) is 0.00463. The third-order valence-electron chi connectivity index (χ3n) is 0.635. The minimum absolute atomic E-state index is 0.00463. The molecule has 1 N–H and O–H groups in total. The van der Waals surface area contributed by atoms with Crippen LogP contribution in [0.4, 0.5) is 0 Å². The van der Waals surface area contributed by atoms with Crippen molar-refractivity contribution in [1.82, 2.24) is 15.5 Å². The second kappa shape index (κ2) is 5.74. The van der Waals surface area contributed by atoms with E-state index in [9.17, 15) is 4.79 Å². The normalized spacial score (nSPS) is 7.40. The Labute approximate surface area is 58.4 Å². The summed E-state index contributed by atoms with van der Waals surface area (Å²) in [6.45, 7) is 1.47. The maximum Gasteiger partial charge on any atom is 0.216 e. The minimum atomic E-state index is 0.00463. The highest BCUT2D eigenvalue weighted by Crippen LogP contribution is 1.62. The Bertz CT molecular complexity index is 144. The van der Waals surface area contributed by atoms with E-state index in [0.717, 1.165) is 0 Å². The Morgan fingerprint density at radius 2 is 2.30 bits per heavy atom. The van der Waals surface area contributed by atoms with Gasteiger partial charge < -0.3 is 9.84 Å². The average Bonchev–Trinajstić information content (AvgIpc) is 2.43. The smallest absolute Gasteiger partial charge is 0.216 e. The van der Waals surface area contributed by atoms with Crippen LogP contribution in [0.3, 0.4) is 0 Å². The van der Waals surface area contributed by atoms with E-state index in [2.05, 4.69) is 20.0 Å². The lowest BCUT2D eigenvalue weighted by molar-refractivity contribution is -0.118. The van der Waals surface area contributed by atoms with Crippen molar-refractivity contribution in [1.29, 1.82) is 0 Å². The van der Waals surface area contributed by atoms with E-state index in [-0.39, 0.29) is 5.91 Å². The van der Waals surface area contributed by atoms with Crippen LogP contribution >= 0.6 is 0 Å². The van der Waals surface area contributed by atoms with Crippen molar-refractivity contribution in [2.24, 2.45) is 0 Å². The Kier molecular flexibility index (Phi) is 4.94. The average molecular weight is 143 g/mol. The van der Waals surface area contributed by atoms with Crippen molar-refractivity contribution in [3.8, 4) is 0 Å². The predicted molar refractivity (Wildman–Crippen MR) is 34.0 cm³/mol. The maximum absolute atomic E-state index is 9.70. The number of nitrogens with zero attached hydrogens (tertiary/aromatic N) is 2. The monoisotopic (exact) mass is 143 g/mol. The summed E-state index contributed by atoms with van der Waals surface area (Å²) in [4.78, 5) is 13.1. The molecule has 1 aromatic rings. The summed E-state index contributed by atoms with van der Waals surface area (Å²) in [5.41, 5.74) is 0. The van der Waals surface area contributed by atoms with Crippen molar-refractivity contribution in [2.45, 2.75) is 6.92 Å². The summed E-state index contributed by atoms with van der Waals surface area (Å²) >= 11 is 0. The Hall–Kier alpha value is -1.39. The van der Waals surface area contributed by atoms with Crippen LogP contribution < -0.4 is 5.32 Å². The van der Waals surface area contributed by atoms with E-state index >= 15 is 0 Å². The first-order valence-electron chi connectivity index (χ1n) is 2.65. The van der Waals surface area contributed by atoms with Gasteiger partial charge in [0.2, 0.25) is 12.3 Å². The third-order valence-corrected chi connectivity index (χ3v) is 0.635. The molecule has 0 spiro atoms. The molecule has 1 rings (SSSR count). The van der Waals surface area contributed by atoms with Crippen LogP contribution in [0.2, 0.25) is 0 Å². The van der Waals surface area contributed by atoms with E-state index in [1.165, 1.54) is 19.6 Å². The van der Waals surface area contributed by atoms with E-state index in [1.54, 1.807) is 7.05 Å². The van der Waals surface area contributed by atoms with Crippen molar-refractivity contribution >= 4 is 5.91 Å². The number of carbonyl (C=O) groups is 1. The zero-order valence-corrected chi connectivity index (χ0v) is 5.87. The van der Waals surface area contributed by atoms with Gasteiger partial charge in [0.1, 0.15) is 0 Å². The lowest BCUT2D eigenvalue weighted by atomic mass is 10.7. The number of carbonyl (C=O) groups excluding carboxylic acids is 1. The SMILES string of the molecule is CNC(C)=O.c1ncon1. The lowest BCUT2D eigenvalue weighted by Crippen LogP contribution is -2.11. The molecular formula is C5H9N3O2. The fourth-order valence-corrected chi connectivity index (χ4v) is 0.136. The summed E-state index contributed by atoms with van der Waals surface area (Å²) < 4.78 is 4.22. The Balaban J connectivity index is 0.000000162. The van der Waals surface area contributed by atoms with Crippen LogP contribution in [0, 0.1) is 0 Å². The molecule has 0 radical (unpaired) electrons. The topological polar surface area (TPSA) is 68.0 Å². The van der Waals surface area contributed by atoms with E-state index in [1.807, 2.05) is 0 Å². The molecular weight excluding hydrogens is 134 g/mol. The molecule has 0 unspecified atom stereocenters. The van der Waals surface area contributed by atoms with Crippen LogP contribution in [0.5, 0.6) is 0 Å². The second-order valence-electron chi connectivity index (χ2n) is 1.39. The molecule has 1 heterocycles. The second-order valence-corrected chi connectivity index (χ2v) is 1.39. The van der Waals surface area contributed by atoms with Crippen LogP contribution in [0.15, 0.2) is 17.2 Å². The van der Waals surface area contributed by atoms with Crippen LogP contribution in [-0.2, 0) is 4.79 Å².